The standard InChI is InChI=1S/C11H17NO7/c13-9(14)3-1-2-7(11(16)17)12-10(15)8-6-18-4-5-19-8/h7-8H,1-6H2,(H,12,15)(H,13,14)(H,16,17)/t7-,8?/m1/s1. The van der Waals surface area contributed by atoms with E-state index in [-0.39, 0.29) is 32.5 Å². The minimum absolute atomic E-state index is 0.0565. The van der Waals surface area contributed by atoms with E-state index < -0.39 is 30.0 Å². The molecule has 0 bridgehead atoms. The fourth-order valence-corrected chi connectivity index (χ4v) is 1.62. The molecule has 1 rings (SSSR count). The Labute approximate surface area is 109 Å². The Morgan fingerprint density at radius 1 is 1.26 bits per heavy atom. The molecule has 1 saturated heterocycles. The number of rotatable bonds is 7. The van der Waals surface area contributed by atoms with Crippen LogP contribution in [0, 0.1) is 0 Å². The van der Waals surface area contributed by atoms with Crippen LogP contribution < -0.4 is 5.32 Å². The zero-order chi connectivity index (χ0) is 14.3. The topological polar surface area (TPSA) is 122 Å². The van der Waals surface area contributed by atoms with Gasteiger partial charge in [-0.15, -0.1) is 0 Å². The quantitative estimate of drug-likeness (QED) is 0.557. The van der Waals surface area contributed by atoms with E-state index >= 15 is 0 Å². The SMILES string of the molecule is O=C(O)CCC[C@@H](NC(=O)C1COCCO1)C(=O)O. The molecule has 1 aliphatic rings. The summed E-state index contributed by atoms with van der Waals surface area (Å²) in [7, 11) is 0. The average Bonchev–Trinajstić information content (AvgIpc) is 2.37. The van der Waals surface area contributed by atoms with Crippen molar-refractivity contribution in [2.75, 3.05) is 19.8 Å². The molecule has 0 aromatic carbocycles. The molecule has 2 atom stereocenters. The summed E-state index contributed by atoms with van der Waals surface area (Å²) in [5.74, 6) is -2.75. The third kappa shape index (κ3) is 5.66. The molecule has 1 unspecified atom stereocenters. The molecule has 0 aromatic heterocycles. The number of carboxylic acid groups (broad SMARTS) is 2. The molecule has 0 aromatic rings. The second-order valence-electron chi connectivity index (χ2n) is 4.12. The summed E-state index contributed by atoms with van der Waals surface area (Å²) < 4.78 is 10.2. The summed E-state index contributed by atoms with van der Waals surface area (Å²) in [6.45, 7) is 0.785. The second-order valence-corrected chi connectivity index (χ2v) is 4.12. The predicted molar refractivity (Wildman–Crippen MR) is 61.6 cm³/mol. The Balaban J connectivity index is 2.41. The summed E-state index contributed by atoms with van der Waals surface area (Å²) in [6.07, 6.45) is -0.715. The number of hydrogen-bond donors (Lipinski definition) is 3. The highest BCUT2D eigenvalue weighted by atomic mass is 16.6. The normalized spacial score (nSPS) is 20.5. The van der Waals surface area contributed by atoms with Gasteiger partial charge in [0.15, 0.2) is 6.10 Å². The van der Waals surface area contributed by atoms with Crippen LogP contribution in [-0.2, 0) is 23.9 Å². The van der Waals surface area contributed by atoms with Gasteiger partial charge in [0.2, 0.25) is 0 Å². The highest BCUT2D eigenvalue weighted by Gasteiger charge is 2.27. The van der Waals surface area contributed by atoms with Crippen LogP contribution in [0.15, 0.2) is 0 Å². The summed E-state index contributed by atoms with van der Waals surface area (Å²) in [5.41, 5.74) is 0. The first-order valence-corrected chi connectivity index (χ1v) is 5.95. The molecule has 3 N–H and O–H groups in total. The highest BCUT2D eigenvalue weighted by Crippen LogP contribution is 2.05. The maximum Gasteiger partial charge on any atom is 0.326 e. The summed E-state index contributed by atoms with van der Waals surface area (Å²) >= 11 is 0. The molecule has 0 aliphatic carbocycles. The van der Waals surface area contributed by atoms with Gasteiger partial charge in [0.05, 0.1) is 19.8 Å². The van der Waals surface area contributed by atoms with Crippen LogP contribution in [0.5, 0.6) is 0 Å². The van der Waals surface area contributed by atoms with Crippen LogP contribution in [0.3, 0.4) is 0 Å². The van der Waals surface area contributed by atoms with Crippen LogP contribution in [0.25, 0.3) is 0 Å². The molecule has 1 fully saturated rings. The molecular weight excluding hydrogens is 258 g/mol. The number of amides is 1. The molecule has 0 radical (unpaired) electrons. The van der Waals surface area contributed by atoms with Gasteiger partial charge in [-0.25, -0.2) is 4.79 Å². The van der Waals surface area contributed by atoms with Crippen LogP contribution in [-0.4, -0.2) is 60.0 Å². The molecular formula is C11H17NO7. The molecule has 8 nitrogen and oxygen atoms in total. The number of carbonyl (C=O) groups excluding carboxylic acids is 1. The van der Waals surface area contributed by atoms with Gasteiger partial charge in [-0.1, -0.05) is 0 Å². The van der Waals surface area contributed by atoms with E-state index in [1.54, 1.807) is 0 Å². The molecule has 1 amide bonds. The van der Waals surface area contributed by atoms with Crippen molar-refractivity contribution in [3.8, 4) is 0 Å². The lowest BCUT2D eigenvalue weighted by Crippen LogP contribution is -2.49. The van der Waals surface area contributed by atoms with E-state index in [0.29, 0.717) is 6.61 Å². The Hall–Kier alpha value is -1.67. The second kappa shape index (κ2) is 7.70. The molecule has 1 heterocycles. The zero-order valence-corrected chi connectivity index (χ0v) is 10.3. The van der Waals surface area contributed by atoms with Crippen molar-refractivity contribution in [3.05, 3.63) is 0 Å². The monoisotopic (exact) mass is 275 g/mol. The number of carbonyl (C=O) groups is 3. The van der Waals surface area contributed by atoms with Gasteiger partial charge in [-0.3, -0.25) is 9.59 Å². The van der Waals surface area contributed by atoms with Crippen molar-refractivity contribution >= 4 is 17.8 Å². The highest BCUT2D eigenvalue weighted by molar-refractivity contribution is 5.86. The molecule has 0 spiro atoms. The largest absolute Gasteiger partial charge is 0.481 e. The minimum Gasteiger partial charge on any atom is -0.481 e. The van der Waals surface area contributed by atoms with Crippen molar-refractivity contribution in [1.29, 1.82) is 0 Å². The van der Waals surface area contributed by atoms with Gasteiger partial charge in [0.1, 0.15) is 6.04 Å². The van der Waals surface area contributed by atoms with Crippen LogP contribution in [0.4, 0.5) is 0 Å². The maximum absolute atomic E-state index is 11.7. The van der Waals surface area contributed by atoms with E-state index in [2.05, 4.69) is 5.32 Å². The zero-order valence-electron chi connectivity index (χ0n) is 10.3. The van der Waals surface area contributed by atoms with Gasteiger partial charge in [-0.2, -0.15) is 0 Å². The van der Waals surface area contributed by atoms with Gasteiger partial charge in [0.25, 0.3) is 5.91 Å². The van der Waals surface area contributed by atoms with E-state index in [9.17, 15) is 14.4 Å². The maximum atomic E-state index is 11.7. The molecule has 8 heteroatoms. The van der Waals surface area contributed by atoms with Gasteiger partial charge < -0.3 is 25.0 Å². The third-order valence-electron chi connectivity index (χ3n) is 2.61. The number of carboxylic acids is 2. The summed E-state index contributed by atoms with van der Waals surface area (Å²) in [6, 6.07) is -1.11. The Morgan fingerprint density at radius 2 is 2.00 bits per heavy atom. The van der Waals surface area contributed by atoms with Gasteiger partial charge in [-0.05, 0) is 12.8 Å². The Bertz CT molecular complexity index is 338. The predicted octanol–water partition coefficient (Wildman–Crippen LogP) is -0.774. The Morgan fingerprint density at radius 3 is 2.53 bits per heavy atom. The number of aliphatic carboxylic acids is 2. The molecule has 1 aliphatic heterocycles. The fourth-order valence-electron chi connectivity index (χ4n) is 1.62. The lowest BCUT2D eigenvalue weighted by Gasteiger charge is -2.23. The first-order chi connectivity index (χ1) is 9.00. The first kappa shape index (κ1) is 15.4. The average molecular weight is 275 g/mol. The summed E-state index contributed by atoms with van der Waals surface area (Å²) in [4.78, 5) is 33.0. The minimum atomic E-state index is -1.20. The number of nitrogens with one attached hydrogen (secondary N) is 1. The van der Waals surface area contributed by atoms with Crippen molar-refractivity contribution in [3.63, 3.8) is 0 Å². The van der Waals surface area contributed by atoms with E-state index in [1.807, 2.05) is 0 Å². The lowest BCUT2D eigenvalue weighted by atomic mass is 10.1. The Kier molecular flexibility index (Phi) is 6.23. The van der Waals surface area contributed by atoms with Gasteiger partial charge in [0, 0.05) is 6.42 Å². The van der Waals surface area contributed by atoms with Crippen molar-refractivity contribution in [1.82, 2.24) is 5.32 Å². The van der Waals surface area contributed by atoms with E-state index in [0.717, 1.165) is 0 Å². The number of ether oxygens (including phenoxy) is 2. The van der Waals surface area contributed by atoms with Crippen molar-refractivity contribution < 1.29 is 34.1 Å². The van der Waals surface area contributed by atoms with E-state index in [1.165, 1.54) is 0 Å². The number of hydrogen-bond acceptors (Lipinski definition) is 5. The van der Waals surface area contributed by atoms with Gasteiger partial charge >= 0.3 is 11.9 Å². The van der Waals surface area contributed by atoms with E-state index in [4.69, 9.17) is 19.7 Å². The smallest absolute Gasteiger partial charge is 0.326 e. The first-order valence-electron chi connectivity index (χ1n) is 5.95. The summed E-state index contributed by atoms with van der Waals surface area (Å²) in [5, 5.41) is 19.8. The van der Waals surface area contributed by atoms with Crippen molar-refractivity contribution in [2.24, 2.45) is 0 Å². The van der Waals surface area contributed by atoms with Crippen LogP contribution >= 0.6 is 0 Å². The molecule has 19 heavy (non-hydrogen) atoms. The molecule has 108 valence electrons. The van der Waals surface area contributed by atoms with Crippen molar-refractivity contribution in [2.45, 2.75) is 31.4 Å². The van der Waals surface area contributed by atoms with Crippen LogP contribution in [0.2, 0.25) is 0 Å². The molecule has 0 saturated carbocycles. The third-order valence-corrected chi connectivity index (χ3v) is 2.61. The fraction of sp³-hybridized carbons (Fsp3) is 0.727. The lowest BCUT2D eigenvalue weighted by molar-refractivity contribution is -0.152. The van der Waals surface area contributed by atoms with Crippen LogP contribution in [0.1, 0.15) is 19.3 Å².